The van der Waals surface area contributed by atoms with Gasteiger partial charge in [0.1, 0.15) is 0 Å². The van der Waals surface area contributed by atoms with Crippen molar-refractivity contribution in [3.63, 3.8) is 0 Å². The van der Waals surface area contributed by atoms with Crippen LogP contribution in [0, 0.1) is 0 Å². The zero-order chi connectivity index (χ0) is 13.1. The first-order valence-corrected chi connectivity index (χ1v) is 7.05. The molecule has 0 bridgehead atoms. The van der Waals surface area contributed by atoms with Crippen LogP contribution in [0.2, 0.25) is 0 Å². The second kappa shape index (κ2) is 6.42. The minimum absolute atomic E-state index is 0.149. The highest BCUT2D eigenvalue weighted by atomic mass is 127. The fourth-order valence-electron chi connectivity index (χ4n) is 1.07. The third-order valence-electron chi connectivity index (χ3n) is 1.78. The van der Waals surface area contributed by atoms with Gasteiger partial charge in [-0.15, -0.1) is 0 Å². The molecule has 0 aliphatic heterocycles. The lowest BCUT2D eigenvalue weighted by Crippen LogP contribution is -2.28. The van der Waals surface area contributed by atoms with Gasteiger partial charge < -0.3 is 9.72 Å². The van der Waals surface area contributed by atoms with Gasteiger partial charge in [-0.05, 0) is 0 Å². The topological polar surface area (TPSA) is 75.0 Å². The molecule has 0 aliphatic carbocycles. The molecule has 17 heavy (non-hydrogen) atoms. The van der Waals surface area contributed by atoms with Crippen LogP contribution in [-0.2, 0) is 4.74 Å². The van der Waals surface area contributed by atoms with Crippen molar-refractivity contribution in [2.45, 2.75) is 9.90 Å². The number of hydrogen-bond donors (Lipinski definition) is 2. The van der Waals surface area contributed by atoms with E-state index in [-0.39, 0.29) is 12.2 Å². The number of halogens is 4. The summed E-state index contributed by atoms with van der Waals surface area (Å²) in [6.07, 6.45) is 0.745. The molecule has 5 nitrogen and oxygen atoms in total. The molecule has 0 spiro atoms. The van der Waals surface area contributed by atoms with Crippen molar-refractivity contribution in [3.05, 3.63) is 32.6 Å². The molecule has 0 radical (unpaired) electrons. The average molecular weight is 413 g/mol. The first kappa shape index (κ1) is 15.3. The number of rotatable bonds is 4. The monoisotopic (exact) mass is 412 g/mol. The van der Waals surface area contributed by atoms with Gasteiger partial charge in [0.25, 0.3) is 5.56 Å². The second-order valence-electron chi connectivity index (χ2n) is 3.10. The van der Waals surface area contributed by atoms with Crippen LogP contribution in [0.3, 0.4) is 0 Å². The van der Waals surface area contributed by atoms with Gasteiger partial charge in [-0.25, -0.2) is 4.79 Å². The van der Waals surface area contributed by atoms with E-state index in [1.807, 2.05) is 22.6 Å². The summed E-state index contributed by atoms with van der Waals surface area (Å²) in [5, 5.41) is 0. The summed E-state index contributed by atoms with van der Waals surface area (Å²) in [4.78, 5) is 26.8. The summed E-state index contributed by atoms with van der Waals surface area (Å²) in [7, 11) is 0. The normalized spacial score (nSPS) is 13.6. The van der Waals surface area contributed by atoms with E-state index in [0.29, 0.717) is 4.43 Å². The van der Waals surface area contributed by atoms with Gasteiger partial charge in [0.05, 0.1) is 18.3 Å². The zero-order valence-corrected chi connectivity index (χ0v) is 12.7. The third-order valence-corrected chi connectivity index (χ3v) is 2.91. The van der Waals surface area contributed by atoms with Crippen molar-refractivity contribution < 1.29 is 4.74 Å². The van der Waals surface area contributed by atoms with Crippen molar-refractivity contribution >= 4 is 57.4 Å². The number of H-pyrrole nitrogens is 2. The van der Waals surface area contributed by atoms with Crippen LogP contribution in [0.1, 0.15) is 11.7 Å². The summed E-state index contributed by atoms with van der Waals surface area (Å²) in [5.74, 6) is 0. The Kier molecular flexibility index (Phi) is 5.78. The molecule has 0 saturated carbocycles. The summed E-state index contributed by atoms with van der Waals surface area (Å²) >= 11 is 18.7. The highest BCUT2D eigenvalue weighted by Crippen LogP contribution is 2.28. The van der Waals surface area contributed by atoms with E-state index in [1.165, 1.54) is 6.20 Å². The van der Waals surface area contributed by atoms with Gasteiger partial charge in [0.2, 0.25) is 3.79 Å². The lowest BCUT2D eigenvalue weighted by Gasteiger charge is -2.18. The molecule has 1 atom stereocenters. The van der Waals surface area contributed by atoms with Gasteiger partial charge in [-0.1, -0.05) is 57.4 Å². The molecule has 1 heterocycles. The lowest BCUT2D eigenvalue weighted by molar-refractivity contribution is 0.0737. The smallest absolute Gasteiger partial charge is 0.325 e. The van der Waals surface area contributed by atoms with Crippen LogP contribution >= 0.6 is 57.4 Å². The van der Waals surface area contributed by atoms with Crippen LogP contribution in [-0.4, -0.2) is 24.8 Å². The van der Waals surface area contributed by atoms with E-state index in [0.717, 1.165) is 0 Å². The summed E-state index contributed by atoms with van der Waals surface area (Å²) in [6.45, 7) is -0.149. The number of nitrogens with one attached hydrogen (secondary N) is 2. The average Bonchev–Trinajstić information content (AvgIpc) is 2.19. The number of ether oxygens (including phenoxy) is 1. The van der Waals surface area contributed by atoms with Crippen LogP contribution in [0.4, 0.5) is 0 Å². The third kappa shape index (κ3) is 5.17. The number of aromatic nitrogens is 2. The Morgan fingerprint density at radius 3 is 2.53 bits per heavy atom. The SMILES string of the molecule is O=c1[nH]cc(C(CI)OCC(Cl)(Cl)Cl)c(=O)[nH]1. The van der Waals surface area contributed by atoms with Gasteiger partial charge in [0.15, 0.2) is 0 Å². The quantitative estimate of drug-likeness (QED) is 0.585. The van der Waals surface area contributed by atoms with Crippen LogP contribution in [0.25, 0.3) is 0 Å². The standard InChI is InChI=1S/C8H8Cl3IN2O3/c9-8(10,11)3-17-5(1-12)4-2-13-7(16)14-6(4)15/h2,5H,1,3H2,(H2,13,14,15,16). The van der Waals surface area contributed by atoms with Crippen molar-refractivity contribution in [3.8, 4) is 0 Å². The summed E-state index contributed by atoms with van der Waals surface area (Å²) in [5.41, 5.74) is -0.805. The largest absolute Gasteiger partial charge is 0.368 e. The maximum atomic E-state index is 11.5. The maximum absolute atomic E-state index is 11.5. The van der Waals surface area contributed by atoms with Crippen molar-refractivity contribution in [2.24, 2.45) is 0 Å². The number of alkyl halides is 4. The van der Waals surface area contributed by atoms with Crippen molar-refractivity contribution in [1.82, 2.24) is 9.97 Å². The first-order valence-electron chi connectivity index (χ1n) is 4.39. The summed E-state index contributed by atoms with van der Waals surface area (Å²) in [6, 6.07) is 0. The predicted octanol–water partition coefficient (Wildman–Crippen LogP) is 1.93. The zero-order valence-electron chi connectivity index (χ0n) is 8.31. The number of aromatic amines is 2. The van der Waals surface area contributed by atoms with E-state index in [4.69, 9.17) is 39.5 Å². The minimum Gasteiger partial charge on any atom is -0.368 e. The van der Waals surface area contributed by atoms with Crippen LogP contribution in [0.5, 0.6) is 0 Å². The Balaban J connectivity index is 2.87. The molecule has 96 valence electrons. The molecule has 0 aromatic carbocycles. The van der Waals surface area contributed by atoms with Gasteiger partial charge in [-0.2, -0.15) is 0 Å². The number of hydrogen-bond acceptors (Lipinski definition) is 3. The highest BCUT2D eigenvalue weighted by Gasteiger charge is 2.24. The highest BCUT2D eigenvalue weighted by molar-refractivity contribution is 14.1. The molecular weight excluding hydrogens is 405 g/mol. The fourth-order valence-corrected chi connectivity index (χ4v) is 1.99. The van der Waals surface area contributed by atoms with E-state index in [1.54, 1.807) is 0 Å². The van der Waals surface area contributed by atoms with Gasteiger partial charge >= 0.3 is 5.69 Å². The van der Waals surface area contributed by atoms with E-state index < -0.39 is 21.1 Å². The van der Waals surface area contributed by atoms with Crippen molar-refractivity contribution in [1.29, 1.82) is 0 Å². The van der Waals surface area contributed by atoms with E-state index in [9.17, 15) is 9.59 Å². The molecule has 1 aromatic rings. The Morgan fingerprint density at radius 1 is 1.41 bits per heavy atom. The Hall–Kier alpha value is 0.240. The molecule has 9 heteroatoms. The molecule has 2 N–H and O–H groups in total. The molecule has 1 aromatic heterocycles. The molecule has 1 rings (SSSR count). The fraction of sp³-hybridized carbons (Fsp3) is 0.500. The lowest BCUT2D eigenvalue weighted by atomic mass is 10.2. The molecule has 1 unspecified atom stereocenters. The predicted molar refractivity (Wildman–Crippen MR) is 75.6 cm³/mol. The molecule has 0 fully saturated rings. The Bertz CT molecular complexity index is 482. The van der Waals surface area contributed by atoms with Gasteiger partial charge in [0, 0.05) is 10.6 Å². The Morgan fingerprint density at radius 2 is 2.06 bits per heavy atom. The molecule has 0 aliphatic rings. The maximum Gasteiger partial charge on any atom is 0.325 e. The molecule has 0 saturated heterocycles. The van der Waals surface area contributed by atoms with Gasteiger partial charge in [-0.3, -0.25) is 9.78 Å². The molecule has 0 amide bonds. The van der Waals surface area contributed by atoms with Crippen LogP contribution < -0.4 is 11.2 Å². The summed E-state index contributed by atoms with van der Waals surface area (Å²) < 4.78 is 4.25. The molecular formula is C8H8Cl3IN2O3. The second-order valence-corrected chi connectivity index (χ2v) is 6.49. The van der Waals surface area contributed by atoms with Crippen LogP contribution in [0.15, 0.2) is 15.8 Å². The van der Waals surface area contributed by atoms with E-state index in [2.05, 4.69) is 9.97 Å². The first-order chi connectivity index (χ1) is 7.83. The minimum atomic E-state index is -1.54. The van der Waals surface area contributed by atoms with Crippen molar-refractivity contribution in [2.75, 3.05) is 11.0 Å². The Labute approximate surface area is 125 Å². The van der Waals surface area contributed by atoms with E-state index >= 15 is 0 Å².